The molecular weight excluding hydrogens is 439 g/mol. The van der Waals surface area contributed by atoms with E-state index in [-0.39, 0.29) is 17.1 Å². The second-order valence-corrected chi connectivity index (χ2v) is 7.77. The van der Waals surface area contributed by atoms with Gasteiger partial charge in [0.05, 0.1) is 30.9 Å². The maximum absolute atomic E-state index is 12.5. The van der Waals surface area contributed by atoms with Crippen LogP contribution in [-0.4, -0.2) is 55.6 Å². The van der Waals surface area contributed by atoms with Gasteiger partial charge in [0.15, 0.2) is 0 Å². The lowest BCUT2D eigenvalue weighted by Crippen LogP contribution is -2.34. The predicted octanol–water partition coefficient (Wildman–Crippen LogP) is 4.23. The van der Waals surface area contributed by atoms with E-state index in [0.29, 0.717) is 11.6 Å². The van der Waals surface area contributed by atoms with Crippen molar-refractivity contribution in [3.8, 4) is 17.2 Å². The number of alkyl halides is 3. The van der Waals surface area contributed by atoms with Crippen LogP contribution in [0.2, 0.25) is 0 Å². The second-order valence-electron chi connectivity index (χ2n) is 7.77. The van der Waals surface area contributed by atoms with E-state index in [4.69, 9.17) is 14.2 Å². The monoisotopic (exact) mass is 463 g/mol. The Kier molecular flexibility index (Phi) is 6.46. The fourth-order valence-electron chi connectivity index (χ4n) is 4.05. The quantitative estimate of drug-likeness (QED) is 0.592. The third-order valence-corrected chi connectivity index (χ3v) is 5.71. The van der Waals surface area contributed by atoms with Crippen LogP contribution in [0.3, 0.4) is 0 Å². The van der Waals surface area contributed by atoms with Crippen LogP contribution in [0, 0.1) is 0 Å². The van der Waals surface area contributed by atoms with Crippen molar-refractivity contribution < 1.29 is 32.2 Å². The van der Waals surface area contributed by atoms with Crippen LogP contribution in [0.25, 0.3) is 16.7 Å². The largest absolute Gasteiger partial charge is 0.496 e. The molecule has 0 unspecified atom stereocenters. The number of hydrogen-bond donors (Lipinski definition) is 1. The van der Waals surface area contributed by atoms with Crippen LogP contribution in [0.5, 0.6) is 11.5 Å². The van der Waals surface area contributed by atoms with Crippen LogP contribution >= 0.6 is 0 Å². The number of rotatable bonds is 6. The zero-order valence-electron chi connectivity index (χ0n) is 18.2. The summed E-state index contributed by atoms with van der Waals surface area (Å²) in [6.45, 7) is 0.0424. The molecule has 1 aliphatic rings. The smallest absolute Gasteiger partial charge is 0.405 e. The lowest BCUT2D eigenvalue weighted by Gasteiger charge is -2.22. The maximum Gasteiger partial charge on any atom is 0.405 e. The van der Waals surface area contributed by atoms with Gasteiger partial charge in [0.1, 0.15) is 29.9 Å². The van der Waals surface area contributed by atoms with Crippen molar-refractivity contribution in [2.24, 2.45) is 0 Å². The van der Waals surface area contributed by atoms with E-state index < -0.39 is 18.6 Å². The molecule has 1 aromatic heterocycles. The molecule has 1 N–H and O–H groups in total. The van der Waals surface area contributed by atoms with Crippen molar-refractivity contribution in [1.82, 2.24) is 14.9 Å². The maximum atomic E-state index is 12.5. The molecule has 3 aromatic rings. The zero-order chi connectivity index (χ0) is 23.6. The van der Waals surface area contributed by atoms with Crippen LogP contribution < -0.4 is 14.8 Å². The molecule has 1 saturated heterocycles. The Labute approximate surface area is 188 Å². The molecule has 10 heteroatoms. The van der Waals surface area contributed by atoms with Crippen LogP contribution in [0.1, 0.15) is 34.7 Å². The Morgan fingerprint density at radius 1 is 1.15 bits per heavy atom. The Balaban J connectivity index is 1.69. The van der Waals surface area contributed by atoms with E-state index in [1.807, 2.05) is 16.0 Å². The van der Waals surface area contributed by atoms with Crippen LogP contribution in [-0.2, 0) is 4.74 Å². The lowest BCUT2D eigenvalue weighted by atomic mass is 9.91. The minimum absolute atomic E-state index is 0.0877. The molecule has 1 aliphatic heterocycles. The molecule has 176 valence electrons. The fraction of sp³-hybridized carbons (Fsp3) is 0.391. The highest BCUT2D eigenvalue weighted by atomic mass is 19.4. The number of carbonyl (C=O) groups excluding carboxylic acids is 1. The van der Waals surface area contributed by atoms with E-state index in [1.165, 1.54) is 19.8 Å². The van der Waals surface area contributed by atoms with Crippen molar-refractivity contribution in [1.29, 1.82) is 0 Å². The highest BCUT2D eigenvalue weighted by Gasteiger charge is 2.30. The minimum Gasteiger partial charge on any atom is -0.496 e. The number of benzene rings is 2. The van der Waals surface area contributed by atoms with E-state index in [1.54, 1.807) is 18.5 Å². The summed E-state index contributed by atoms with van der Waals surface area (Å²) in [6, 6.07) is 9.26. The molecule has 0 bridgehead atoms. The highest BCUT2D eigenvalue weighted by Crippen LogP contribution is 2.34. The Bertz CT molecular complexity index is 1130. The van der Waals surface area contributed by atoms with Gasteiger partial charge in [-0.2, -0.15) is 13.2 Å². The third kappa shape index (κ3) is 4.90. The molecule has 0 saturated carbocycles. The van der Waals surface area contributed by atoms with E-state index >= 15 is 0 Å². The van der Waals surface area contributed by atoms with Gasteiger partial charge in [0, 0.05) is 25.3 Å². The van der Waals surface area contributed by atoms with Gasteiger partial charge in [-0.15, -0.1) is 0 Å². The molecule has 1 fully saturated rings. The first kappa shape index (κ1) is 22.9. The van der Waals surface area contributed by atoms with Gasteiger partial charge in [-0.1, -0.05) is 6.07 Å². The van der Waals surface area contributed by atoms with Crippen LogP contribution in [0.4, 0.5) is 13.2 Å². The number of nitrogens with zero attached hydrogens (tertiary/aromatic N) is 2. The summed E-state index contributed by atoms with van der Waals surface area (Å²) in [6.07, 6.45) is -0.942. The zero-order valence-corrected chi connectivity index (χ0v) is 18.2. The summed E-state index contributed by atoms with van der Waals surface area (Å²) in [5, 5.41) is 1.86. The third-order valence-electron chi connectivity index (χ3n) is 5.71. The van der Waals surface area contributed by atoms with Gasteiger partial charge in [0.2, 0.25) is 0 Å². The standard InChI is InChI=1S/C23H24F3N3O4/c1-31-19-10-16(11-20(32-2)21(19)22(30)27-12-23(24,25)26)29-13-28-17-9-15(3-4-18(17)29)14-5-7-33-8-6-14/h3-4,9-11,13-14H,5-8,12H2,1-2H3,(H,27,30). The number of fused-ring (bicyclic) bond motifs is 1. The number of methoxy groups -OCH3 is 2. The van der Waals surface area contributed by atoms with Gasteiger partial charge < -0.3 is 19.5 Å². The molecule has 0 radical (unpaired) electrons. The molecule has 4 rings (SSSR count). The SMILES string of the molecule is COc1cc(-n2cnc3cc(C4CCOCC4)ccc32)cc(OC)c1C(=O)NCC(F)(F)F. The average Bonchev–Trinajstić information content (AvgIpc) is 3.25. The van der Waals surface area contributed by atoms with E-state index in [9.17, 15) is 18.0 Å². The Morgan fingerprint density at radius 2 is 1.82 bits per heavy atom. The number of halogens is 3. The van der Waals surface area contributed by atoms with Gasteiger partial charge >= 0.3 is 6.18 Å². The molecule has 0 aliphatic carbocycles. The number of carbonyl (C=O) groups is 1. The van der Waals surface area contributed by atoms with Crippen LogP contribution in [0.15, 0.2) is 36.7 Å². The number of hydrogen-bond acceptors (Lipinski definition) is 5. The predicted molar refractivity (Wildman–Crippen MR) is 115 cm³/mol. The summed E-state index contributed by atoms with van der Waals surface area (Å²) in [7, 11) is 2.68. The number of ether oxygens (including phenoxy) is 3. The molecule has 33 heavy (non-hydrogen) atoms. The summed E-state index contributed by atoms with van der Waals surface area (Å²) in [5.41, 5.74) is 3.34. The fourth-order valence-corrected chi connectivity index (χ4v) is 4.05. The van der Waals surface area contributed by atoms with Crippen molar-refractivity contribution in [3.63, 3.8) is 0 Å². The van der Waals surface area contributed by atoms with Crippen molar-refractivity contribution in [2.75, 3.05) is 34.0 Å². The lowest BCUT2D eigenvalue weighted by molar-refractivity contribution is -0.123. The molecule has 2 heterocycles. The number of aromatic nitrogens is 2. The Hall–Kier alpha value is -3.27. The summed E-state index contributed by atoms with van der Waals surface area (Å²) < 4.78 is 55.5. The molecule has 2 aromatic carbocycles. The summed E-state index contributed by atoms with van der Waals surface area (Å²) in [5.74, 6) is -0.332. The number of nitrogens with one attached hydrogen (secondary N) is 1. The normalized spacial score (nSPS) is 14.9. The first-order chi connectivity index (χ1) is 15.8. The Morgan fingerprint density at radius 3 is 2.42 bits per heavy atom. The average molecular weight is 463 g/mol. The minimum atomic E-state index is -4.53. The van der Waals surface area contributed by atoms with Gasteiger partial charge in [-0.25, -0.2) is 4.98 Å². The van der Waals surface area contributed by atoms with Gasteiger partial charge in [0.25, 0.3) is 5.91 Å². The van der Waals surface area contributed by atoms with Crippen molar-refractivity contribution >= 4 is 16.9 Å². The topological polar surface area (TPSA) is 74.6 Å². The summed E-state index contributed by atoms with van der Waals surface area (Å²) >= 11 is 0. The second kappa shape index (κ2) is 9.30. The number of amides is 1. The first-order valence-electron chi connectivity index (χ1n) is 10.5. The highest BCUT2D eigenvalue weighted by molar-refractivity contribution is 6.00. The molecule has 7 nitrogen and oxygen atoms in total. The summed E-state index contributed by atoms with van der Waals surface area (Å²) in [4.78, 5) is 17.0. The molecule has 1 amide bonds. The molecule has 0 atom stereocenters. The van der Waals surface area contributed by atoms with Crippen molar-refractivity contribution in [3.05, 3.63) is 47.8 Å². The first-order valence-corrected chi connectivity index (χ1v) is 10.5. The number of imidazole rings is 1. The van der Waals surface area contributed by atoms with Gasteiger partial charge in [-0.05, 0) is 36.5 Å². The van der Waals surface area contributed by atoms with E-state index in [0.717, 1.165) is 37.1 Å². The molecular formula is C23H24F3N3O4. The van der Waals surface area contributed by atoms with E-state index in [2.05, 4.69) is 17.1 Å². The molecule has 0 spiro atoms. The van der Waals surface area contributed by atoms with Gasteiger partial charge in [-0.3, -0.25) is 9.36 Å². The van der Waals surface area contributed by atoms with Crippen molar-refractivity contribution in [2.45, 2.75) is 24.9 Å².